The molecule has 0 aromatic carbocycles. The summed E-state index contributed by atoms with van der Waals surface area (Å²) in [6, 6.07) is 0. The van der Waals surface area contributed by atoms with E-state index in [9.17, 15) is 24.3 Å². The molecule has 0 amide bonds. The Labute approximate surface area is 253 Å². The minimum absolute atomic E-state index is 0. The molecule has 1 fully saturated rings. The van der Waals surface area contributed by atoms with E-state index in [2.05, 4.69) is 0 Å². The van der Waals surface area contributed by atoms with Gasteiger partial charge in [0.05, 0.1) is 5.97 Å². The molecule has 1 aliphatic rings. The number of hydrogen-bond acceptors (Lipinski definition) is 6. The van der Waals surface area contributed by atoms with Crippen molar-refractivity contribution in [3.63, 3.8) is 0 Å². The molecule has 0 aromatic heterocycles. The van der Waals surface area contributed by atoms with Gasteiger partial charge in [-0.3, -0.25) is 4.48 Å². The summed E-state index contributed by atoms with van der Waals surface area (Å²) in [6.45, 7) is -3.77. The third-order valence-electron chi connectivity index (χ3n) is 3.38. The maximum absolute atomic E-state index is 10.5. The van der Waals surface area contributed by atoms with Crippen LogP contribution in [0.3, 0.4) is 0 Å². The van der Waals surface area contributed by atoms with Gasteiger partial charge < -0.3 is 31.4 Å². The zero-order valence-electron chi connectivity index (χ0n) is 13.6. The van der Waals surface area contributed by atoms with E-state index in [1.165, 1.54) is 38.5 Å². The number of rotatable bonds is 8. The molecule has 1 aliphatic carbocycles. The molecule has 148 valence electrons. The van der Waals surface area contributed by atoms with Crippen LogP contribution >= 0.6 is 0 Å². The summed E-state index contributed by atoms with van der Waals surface area (Å²) in [6.07, 6.45) is 9.00. The van der Waals surface area contributed by atoms with Gasteiger partial charge in [0.2, 0.25) is 0 Å². The van der Waals surface area contributed by atoms with E-state index in [0.29, 0.717) is 0 Å². The van der Waals surface area contributed by atoms with Crippen molar-refractivity contribution in [2.24, 2.45) is 0 Å². The molecule has 0 saturated heterocycles. The van der Waals surface area contributed by atoms with Gasteiger partial charge in [0.25, 0.3) is 0 Å². The Morgan fingerprint density at radius 1 is 0.607 bits per heavy atom. The SMILES string of the molecule is C1CCCCC1.N.O=C([O-])C[N+](CC(=O)O)(CC(=O)O)CC(=O)O.[NaH].[NaH].[NaH].[NaH]. The van der Waals surface area contributed by atoms with Crippen molar-refractivity contribution in [3.05, 3.63) is 0 Å². The van der Waals surface area contributed by atoms with E-state index in [4.69, 9.17) is 15.3 Å². The Morgan fingerprint density at radius 2 is 0.821 bits per heavy atom. The molecular formula is C14H30N2Na4O8. The van der Waals surface area contributed by atoms with Gasteiger partial charge in [-0.15, -0.1) is 0 Å². The molecule has 10 nitrogen and oxygen atoms in total. The molecule has 28 heavy (non-hydrogen) atoms. The number of aliphatic carboxylic acids is 4. The predicted molar refractivity (Wildman–Crippen MR) is 109 cm³/mol. The Bertz CT molecular complexity index is 370. The van der Waals surface area contributed by atoms with E-state index in [-0.39, 0.29) is 124 Å². The van der Waals surface area contributed by atoms with Gasteiger partial charge in [-0.2, -0.15) is 0 Å². The second-order valence-corrected chi connectivity index (χ2v) is 5.65. The van der Waals surface area contributed by atoms with Crippen molar-refractivity contribution in [2.45, 2.75) is 38.5 Å². The molecule has 0 heterocycles. The van der Waals surface area contributed by atoms with Gasteiger partial charge in [-0.25, -0.2) is 14.4 Å². The average molecular weight is 446 g/mol. The van der Waals surface area contributed by atoms with Gasteiger partial charge in [-0.1, -0.05) is 38.5 Å². The summed E-state index contributed by atoms with van der Waals surface area (Å²) in [5, 5.41) is 36.2. The molecule has 14 heteroatoms. The summed E-state index contributed by atoms with van der Waals surface area (Å²) in [5.41, 5.74) is 0. The third kappa shape index (κ3) is 25.8. The van der Waals surface area contributed by atoms with Gasteiger partial charge in [0, 0.05) is 0 Å². The second-order valence-electron chi connectivity index (χ2n) is 5.65. The fourth-order valence-electron chi connectivity index (χ4n) is 2.53. The zero-order chi connectivity index (χ0) is 17.9. The maximum atomic E-state index is 10.5. The molecule has 0 bridgehead atoms. The van der Waals surface area contributed by atoms with Crippen LogP contribution in [-0.4, -0.2) is 188 Å². The molecular weight excluding hydrogens is 416 g/mol. The molecule has 0 aliphatic heterocycles. The van der Waals surface area contributed by atoms with Crippen LogP contribution in [-0.2, 0) is 19.2 Å². The number of hydrogen-bond donors (Lipinski definition) is 4. The number of quaternary nitrogens is 1. The molecule has 0 unspecified atom stereocenters. The average Bonchev–Trinajstić information content (AvgIpc) is 2.37. The first kappa shape index (κ1) is 43.6. The molecule has 0 aromatic rings. The van der Waals surface area contributed by atoms with Crippen LogP contribution in [0.15, 0.2) is 0 Å². The first-order chi connectivity index (χ1) is 10.7. The second kappa shape index (κ2) is 25.1. The van der Waals surface area contributed by atoms with E-state index in [1.54, 1.807) is 0 Å². The standard InChI is InChI=1S/C8H11NO8.C6H12.H3N.4Na.4H/c10-5(11)1-9(2-6(12)13,3-7(14)15)4-8(16)17;1-2-4-6-5-3-1;;;;;;;;;/h1-4H2,(H3-,10,11,12,13,14,15,16,17);1-6H2;1H3;;;;;;;;. The van der Waals surface area contributed by atoms with Crippen molar-refractivity contribution >= 4 is 142 Å². The van der Waals surface area contributed by atoms with Crippen LogP contribution in [0.4, 0.5) is 0 Å². The van der Waals surface area contributed by atoms with Crippen LogP contribution in [0.5, 0.6) is 0 Å². The number of carbonyl (C=O) groups excluding carboxylic acids is 1. The fourth-order valence-corrected chi connectivity index (χ4v) is 2.53. The zero-order valence-corrected chi connectivity index (χ0v) is 13.6. The van der Waals surface area contributed by atoms with Gasteiger partial charge in [0.1, 0.15) is 6.54 Å². The number of carboxylic acids is 4. The van der Waals surface area contributed by atoms with Gasteiger partial charge in [-0.05, 0) is 0 Å². The molecule has 1 rings (SSSR count). The normalized spacial score (nSPS) is 11.7. The topological polar surface area (TPSA) is 187 Å². The first-order valence-electron chi connectivity index (χ1n) is 7.37. The Morgan fingerprint density at radius 3 is 0.964 bits per heavy atom. The Kier molecular flexibility index (Phi) is 39.1. The number of carboxylic acid groups (broad SMARTS) is 4. The van der Waals surface area contributed by atoms with Crippen molar-refractivity contribution in [2.75, 3.05) is 26.2 Å². The predicted octanol–water partition coefficient (Wildman–Crippen LogP) is -3.28. The summed E-state index contributed by atoms with van der Waals surface area (Å²) in [7, 11) is 0. The Balaban J connectivity index is -0.0000000950. The summed E-state index contributed by atoms with van der Waals surface area (Å²) in [4.78, 5) is 42.1. The minimum atomic E-state index is -1.71. The van der Waals surface area contributed by atoms with Gasteiger partial charge >= 0.3 is 136 Å². The van der Waals surface area contributed by atoms with Gasteiger partial charge in [0.15, 0.2) is 19.6 Å². The summed E-state index contributed by atoms with van der Waals surface area (Å²) >= 11 is 0. The van der Waals surface area contributed by atoms with E-state index >= 15 is 0 Å². The van der Waals surface area contributed by atoms with Crippen molar-refractivity contribution in [1.29, 1.82) is 0 Å². The van der Waals surface area contributed by atoms with E-state index in [0.717, 1.165) is 0 Å². The number of nitrogens with zero attached hydrogens (tertiary/aromatic N) is 1. The molecule has 0 spiro atoms. The van der Waals surface area contributed by atoms with Crippen molar-refractivity contribution in [1.82, 2.24) is 6.15 Å². The van der Waals surface area contributed by atoms with Crippen LogP contribution in [0, 0.1) is 0 Å². The van der Waals surface area contributed by atoms with Crippen LogP contribution in [0.2, 0.25) is 0 Å². The fraction of sp³-hybridized carbons (Fsp3) is 0.714. The summed E-state index contributed by atoms with van der Waals surface area (Å²) in [5.74, 6) is -6.19. The summed E-state index contributed by atoms with van der Waals surface area (Å²) < 4.78 is -1.14. The van der Waals surface area contributed by atoms with Crippen LogP contribution in [0.1, 0.15) is 38.5 Å². The van der Waals surface area contributed by atoms with Crippen LogP contribution in [0.25, 0.3) is 0 Å². The van der Waals surface area contributed by atoms with Crippen molar-refractivity contribution in [3.8, 4) is 0 Å². The third-order valence-corrected chi connectivity index (χ3v) is 3.38. The first-order valence-corrected chi connectivity index (χ1v) is 7.37. The quantitative estimate of drug-likeness (QED) is 0.219. The van der Waals surface area contributed by atoms with Crippen molar-refractivity contribution < 1.29 is 44.1 Å². The molecule has 1 saturated carbocycles. The molecule has 0 atom stereocenters. The van der Waals surface area contributed by atoms with E-state index < -0.39 is 54.5 Å². The monoisotopic (exact) mass is 446 g/mol. The van der Waals surface area contributed by atoms with E-state index in [1.807, 2.05) is 0 Å². The van der Waals surface area contributed by atoms with Crippen LogP contribution < -0.4 is 11.3 Å². The number of carbonyl (C=O) groups is 4. The molecule has 0 radical (unpaired) electrons. The molecule has 6 N–H and O–H groups in total. The Hall–Kier alpha value is 1.80.